The number of benzene rings is 2. The van der Waals surface area contributed by atoms with E-state index in [2.05, 4.69) is 27.6 Å². The quantitative estimate of drug-likeness (QED) is 0.374. The second kappa shape index (κ2) is 10.9. The van der Waals surface area contributed by atoms with Crippen LogP contribution < -0.4 is 10.4 Å². The first-order valence-corrected chi connectivity index (χ1v) is 14.2. The third-order valence-electron chi connectivity index (χ3n) is 8.89. The molecule has 1 saturated carbocycles. The van der Waals surface area contributed by atoms with Gasteiger partial charge >= 0.3 is 0 Å². The van der Waals surface area contributed by atoms with Crippen molar-refractivity contribution in [1.82, 2.24) is 20.2 Å². The first kappa shape index (κ1) is 26.9. The Hall–Kier alpha value is -3.30. The molecule has 1 aromatic heterocycles. The predicted molar refractivity (Wildman–Crippen MR) is 150 cm³/mol. The number of nitrogens with zero attached hydrogens (tertiary/aromatic N) is 4. The topological polar surface area (TPSA) is 62.6 Å². The number of anilines is 2. The smallest absolute Gasteiger partial charge is 0.264 e. The second-order valence-corrected chi connectivity index (χ2v) is 11.5. The van der Waals surface area contributed by atoms with Crippen molar-refractivity contribution in [3.8, 4) is 11.1 Å². The van der Waals surface area contributed by atoms with Gasteiger partial charge in [-0.25, -0.2) is 8.78 Å². The van der Waals surface area contributed by atoms with Gasteiger partial charge in [0.1, 0.15) is 0 Å². The molecule has 7 nitrogen and oxygen atoms in total. The second-order valence-electron chi connectivity index (χ2n) is 11.5. The maximum absolute atomic E-state index is 14.5. The molecule has 3 aliphatic rings. The van der Waals surface area contributed by atoms with Gasteiger partial charge in [-0.1, -0.05) is 6.07 Å². The summed E-state index contributed by atoms with van der Waals surface area (Å²) in [6.07, 6.45) is 6.77. The van der Waals surface area contributed by atoms with Gasteiger partial charge < -0.3 is 14.6 Å². The van der Waals surface area contributed by atoms with E-state index in [9.17, 15) is 13.6 Å². The number of fused-ring (bicyclic) bond motifs is 2. The van der Waals surface area contributed by atoms with E-state index in [-0.39, 0.29) is 11.5 Å². The Morgan fingerprint density at radius 3 is 2.55 bits per heavy atom. The van der Waals surface area contributed by atoms with Crippen molar-refractivity contribution in [3.63, 3.8) is 0 Å². The van der Waals surface area contributed by atoms with E-state index >= 15 is 0 Å². The van der Waals surface area contributed by atoms with Gasteiger partial charge in [-0.2, -0.15) is 10.6 Å². The summed E-state index contributed by atoms with van der Waals surface area (Å²) >= 11 is 0. The highest BCUT2D eigenvalue weighted by molar-refractivity contribution is 5.80. The summed E-state index contributed by atoms with van der Waals surface area (Å²) in [7, 11) is 3.46. The van der Waals surface area contributed by atoms with Gasteiger partial charge in [0, 0.05) is 73.9 Å². The van der Waals surface area contributed by atoms with E-state index in [4.69, 9.17) is 4.84 Å². The molecule has 0 atom stereocenters. The fourth-order valence-electron chi connectivity index (χ4n) is 6.82. The van der Waals surface area contributed by atoms with Crippen LogP contribution in [0.4, 0.5) is 20.2 Å². The molecular weight excluding hydrogens is 512 g/mol. The number of hydrogen-bond donors (Lipinski definition) is 1. The minimum absolute atomic E-state index is 0.0285. The average molecular weight is 550 g/mol. The number of aryl methyl sites for hydroxylation is 2. The number of nitrogens with one attached hydrogen (secondary N) is 1. The fourth-order valence-corrected chi connectivity index (χ4v) is 6.82. The van der Waals surface area contributed by atoms with Crippen LogP contribution >= 0.6 is 0 Å². The fraction of sp³-hybridized carbons (Fsp3) is 0.484. The van der Waals surface area contributed by atoms with E-state index in [1.165, 1.54) is 11.1 Å². The molecule has 2 aliphatic heterocycles. The standard InChI is InChI=1S/C31H37F2N5O2/c1-19(39)37-17-23-11-22(20-6-8-25(9-7-20)35-40-3)13-30(28(23)18-37)38-10-4-5-21-12-26(24-15-34-36(2)16-24)27(31(32)33)14-29(21)38/h11-16,20,25,31,35H,4-10,17-18H2,1-3H3. The number of carbonyl (C=O) groups is 1. The number of alkyl halides is 2. The Morgan fingerprint density at radius 1 is 1.07 bits per heavy atom. The highest BCUT2D eigenvalue weighted by Gasteiger charge is 2.32. The Morgan fingerprint density at radius 2 is 1.88 bits per heavy atom. The van der Waals surface area contributed by atoms with E-state index < -0.39 is 6.43 Å². The molecule has 1 N–H and O–H groups in total. The Bertz CT molecular complexity index is 1410. The first-order chi connectivity index (χ1) is 19.3. The lowest BCUT2D eigenvalue weighted by Gasteiger charge is -2.35. The van der Waals surface area contributed by atoms with Gasteiger partial charge in [-0.05, 0) is 84.9 Å². The molecule has 1 fully saturated rings. The number of aromatic nitrogens is 2. The van der Waals surface area contributed by atoms with E-state index in [0.29, 0.717) is 36.2 Å². The van der Waals surface area contributed by atoms with Gasteiger partial charge in [-0.15, -0.1) is 0 Å². The minimum Gasteiger partial charge on any atom is -0.341 e. The van der Waals surface area contributed by atoms with Crippen LogP contribution in [0.15, 0.2) is 36.7 Å². The van der Waals surface area contributed by atoms with Crippen LogP contribution in [-0.4, -0.2) is 40.3 Å². The zero-order valence-electron chi connectivity index (χ0n) is 23.4. The zero-order chi connectivity index (χ0) is 28.0. The predicted octanol–water partition coefficient (Wildman–Crippen LogP) is 6.15. The van der Waals surface area contributed by atoms with Gasteiger partial charge in [-0.3, -0.25) is 9.48 Å². The van der Waals surface area contributed by atoms with Crippen molar-refractivity contribution in [1.29, 1.82) is 0 Å². The number of carbonyl (C=O) groups excluding carboxylic acids is 1. The van der Waals surface area contributed by atoms with Gasteiger partial charge in [0.25, 0.3) is 6.43 Å². The molecule has 1 amide bonds. The monoisotopic (exact) mass is 549 g/mol. The van der Waals surface area contributed by atoms with Crippen LogP contribution in [0.3, 0.4) is 0 Å². The largest absolute Gasteiger partial charge is 0.341 e. The Kier molecular flexibility index (Phi) is 7.35. The summed E-state index contributed by atoms with van der Waals surface area (Å²) in [5, 5.41) is 4.22. The van der Waals surface area contributed by atoms with E-state index in [1.807, 2.05) is 11.0 Å². The normalized spacial score (nSPS) is 20.6. The van der Waals surface area contributed by atoms with Crippen molar-refractivity contribution in [2.24, 2.45) is 7.05 Å². The average Bonchev–Trinajstić information content (AvgIpc) is 3.58. The maximum Gasteiger partial charge on any atom is 0.264 e. The Balaban J connectivity index is 1.42. The minimum atomic E-state index is -2.61. The lowest BCUT2D eigenvalue weighted by atomic mass is 9.80. The maximum atomic E-state index is 14.5. The molecule has 2 aromatic carbocycles. The molecule has 0 spiro atoms. The lowest BCUT2D eigenvalue weighted by Crippen LogP contribution is -2.32. The third kappa shape index (κ3) is 5.01. The summed E-state index contributed by atoms with van der Waals surface area (Å²) in [6, 6.07) is 8.57. The molecule has 40 heavy (non-hydrogen) atoms. The van der Waals surface area contributed by atoms with E-state index in [0.717, 1.165) is 67.6 Å². The van der Waals surface area contributed by atoms with Gasteiger partial charge in [0.15, 0.2) is 0 Å². The summed E-state index contributed by atoms with van der Waals surface area (Å²) in [6.45, 7) is 3.51. The number of amides is 1. The number of halogens is 2. The SMILES string of the molecule is CONC1CCC(c2cc3c(c(N4CCCc5cc(-c6cnn(C)c6)c(C(F)F)cc54)c2)CN(C(C)=O)C3)CC1. The Labute approximate surface area is 234 Å². The zero-order valence-corrected chi connectivity index (χ0v) is 23.4. The van der Waals surface area contributed by atoms with Crippen molar-refractivity contribution >= 4 is 17.3 Å². The van der Waals surface area contributed by atoms with Crippen LogP contribution in [0.5, 0.6) is 0 Å². The van der Waals surface area contributed by atoms with Crippen LogP contribution in [-0.2, 0) is 36.2 Å². The van der Waals surface area contributed by atoms with Crippen molar-refractivity contribution in [2.45, 2.75) is 76.9 Å². The van der Waals surface area contributed by atoms with Crippen LogP contribution in [0.2, 0.25) is 0 Å². The summed E-state index contributed by atoms with van der Waals surface area (Å²) in [5.74, 6) is 0.467. The van der Waals surface area contributed by atoms with Crippen molar-refractivity contribution in [2.75, 3.05) is 18.6 Å². The summed E-state index contributed by atoms with van der Waals surface area (Å²) in [4.78, 5) is 21.7. The summed E-state index contributed by atoms with van der Waals surface area (Å²) < 4.78 is 30.6. The first-order valence-electron chi connectivity index (χ1n) is 14.2. The van der Waals surface area contributed by atoms with Crippen LogP contribution in [0, 0.1) is 0 Å². The van der Waals surface area contributed by atoms with Crippen LogP contribution in [0.1, 0.15) is 79.2 Å². The molecular formula is C31H37F2N5O2. The van der Waals surface area contributed by atoms with Gasteiger partial charge in [0.2, 0.25) is 5.91 Å². The molecule has 0 unspecified atom stereocenters. The number of rotatable bonds is 6. The van der Waals surface area contributed by atoms with Crippen LogP contribution in [0.25, 0.3) is 11.1 Å². The van der Waals surface area contributed by atoms with E-state index in [1.54, 1.807) is 44.2 Å². The molecule has 6 rings (SSSR count). The van der Waals surface area contributed by atoms with Gasteiger partial charge in [0.05, 0.1) is 13.3 Å². The number of hydrogen-bond acceptors (Lipinski definition) is 5. The molecule has 212 valence electrons. The highest BCUT2D eigenvalue weighted by atomic mass is 19.3. The number of hydroxylamine groups is 1. The molecule has 0 bridgehead atoms. The van der Waals surface area contributed by atoms with Crippen molar-refractivity contribution < 1.29 is 18.4 Å². The molecule has 3 aromatic rings. The molecule has 0 saturated heterocycles. The molecule has 9 heteroatoms. The molecule has 1 aliphatic carbocycles. The highest BCUT2D eigenvalue weighted by Crippen LogP contribution is 2.45. The summed E-state index contributed by atoms with van der Waals surface area (Å²) in [5.41, 5.74) is 11.0. The molecule has 3 heterocycles. The van der Waals surface area contributed by atoms with Crippen molar-refractivity contribution in [3.05, 3.63) is 64.5 Å². The molecule has 0 radical (unpaired) electrons. The third-order valence-corrected chi connectivity index (χ3v) is 8.89. The lowest BCUT2D eigenvalue weighted by molar-refractivity contribution is -0.129.